The van der Waals surface area contributed by atoms with Crippen molar-refractivity contribution in [2.75, 3.05) is 0 Å². The average molecular weight is 245 g/mol. The molecule has 2 N–H and O–H groups in total. The van der Waals surface area contributed by atoms with Gasteiger partial charge in [0.05, 0.1) is 0 Å². The first kappa shape index (κ1) is 13.6. The SMILES string of the molecule is Cc1ccc(CC(N)CC2CCCCC2)cc1C. The van der Waals surface area contributed by atoms with Crippen molar-refractivity contribution >= 4 is 0 Å². The Morgan fingerprint density at radius 1 is 1.11 bits per heavy atom. The van der Waals surface area contributed by atoms with Crippen LogP contribution < -0.4 is 5.73 Å². The van der Waals surface area contributed by atoms with Crippen LogP contribution in [0.3, 0.4) is 0 Å². The summed E-state index contributed by atoms with van der Waals surface area (Å²) in [7, 11) is 0. The number of rotatable bonds is 4. The van der Waals surface area contributed by atoms with Crippen LogP contribution in [0.25, 0.3) is 0 Å². The maximum Gasteiger partial charge on any atom is 0.00819 e. The first-order valence-corrected chi connectivity index (χ1v) is 7.47. The highest BCUT2D eigenvalue weighted by atomic mass is 14.6. The second-order valence-corrected chi connectivity index (χ2v) is 6.12. The van der Waals surface area contributed by atoms with Crippen LogP contribution in [-0.4, -0.2) is 6.04 Å². The molecule has 0 radical (unpaired) electrons. The van der Waals surface area contributed by atoms with Gasteiger partial charge in [0.1, 0.15) is 0 Å². The molecule has 1 heteroatoms. The molecule has 1 aliphatic carbocycles. The summed E-state index contributed by atoms with van der Waals surface area (Å²) in [6.45, 7) is 4.35. The average Bonchev–Trinajstić information content (AvgIpc) is 2.35. The molecule has 1 atom stereocenters. The summed E-state index contributed by atoms with van der Waals surface area (Å²) in [6, 6.07) is 7.10. The molecule has 0 heterocycles. The first-order chi connectivity index (χ1) is 8.65. The Morgan fingerprint density at radius 3 is 2.50 bits per heavy atom. The first-order valence-electron chi connectivity index (χ1n) is 7.47. The van der Waals surface area contributed by atoms with Crippen molar-refractivity contribution in [3.8, 4) is 0 Å². The minimum absolute atomic E-state index is 0.343. The van der Waals surface area contributed by atoms with Crippen LogP contribution in [0.4, 0.5) is 0 Å². The van der Waals surface area contributed by atoms with Crippen molar-refractivity contribution in [1.29, 1.82) is 0 Å². The van der Waals surface area contributed by atoms with E-state index in [1.165, 1.54) is 55.2 Å². The van der Waals surface area contributed by atoms with Crippen molar-refractivity contribution in [2.24, 2.45) is 11.7 Å². The van der Waals surface area contributed by atoms with Crippen LogP contribution in [-0.2, 0) is 6.42 Å². The molecule has 1 aromatic rings. The molecular weight excluding hydrogens is 218 g/mol. The van der Waals surface area contributed by atoms with Gasteiger partial charge in [-0.25, -0.2) is 0 Å². The molecule has 1 nitrogen and oxygen atoms in total. The van der Waals surface area contributed by atoms with Crippen molar-refractivity contribution < 1.29 is 0 Å². The van der Waals surface area contributed by atoms with Crippen molar-refractivity contribution in [2.45, 2.75) is 64.8 Å². The van der Waals surface area contributed by atoms with Crippen LogP contribution in [0.15, 0.2) is 18.2 Å². The summed E-state index contributed by atoms with van der Waals surface area (Å²) >= 11 is 0. The smallest absolute Gasteiger partial charge is 0.00819 e. The molecule has 1 saturated carbocycles. The van der Waals surface area contributed by atoms with E-state index >= 15 is 0 Å². The van der Waals surface area contributed by atoms with E-state index in [0.29, 0.717) is 6.04 Å². The van der Waals surface area contributed by atoms with Gasteiger partial charge in [-0.05, 0) is 49.3 Å². The second kappa shape index (κ2) is 6.38. The van der Waals surface area contributed by atoms with Gasteiger partial charge in [0, 0.05) is 6.04 Å². The maximum absolute atomic E-state index is 6.32. The predicted octanol–water partition coefficient (Wildman–Crippen LogP) is 4.14. The molecular formula is C17H27N. The highest BCUT2D eigenvalue weighted by molar-refractivity contribution is 5.30. The molecule has 0 aliphatic heterocycles. The number of hydrogen-bond acceptors (Lipinski definition) is 1. The number of nitrogens with two attached hydrogens (primary N) is 1. The molecule has 18 heavy (non-hydrogen) atoms. The van der Waals surface area contributed by atoms with Crippen molar-refractivity contribution in [3.05, 3.63) is 34.9 Å². The monoisotopic (exact) mass is 245 g/mol. The lowest BCUT2D eigenvalue weighted by Crippen LogP contribution is -2.27. The zero-order valence-electron chi connectivity index (χ0n) is 11.9. The molecule has 1 aliphatic rings. The van der Waals surface area contributed by atoms with Gasteiger partial charge in [-0.15, -0.1) is 0 Å². The highest BCUT2D eigenvalue weighted by Gasteiger charge is 2.16. The van der Waals surface area contributed by atoms with Crippen LogP contribution in [0.1, 0.15) is 55.2 Å². The molecule has 0 spiro atoms. The van der Waals surface area contributed by atoms with E-state index in [9.17, 15) is 0 Å². The van der Waals surface area contributed by atoms with Gasteiger partial charge >= 0.3 is 0 Å². The number of benzene rings is 1. The van der Waals surface area contributed by atoms with Gasteiger partial charge in [0.25, 0.3) is 0 Å². The largest absolute Gasteiger partial charge is 0.327 e. The fourth-order valence-electron chi connectivity index (χ4n) is 3.17. The third-order valence-corrected chi connectivity index (χ3v) is 4.43. The van der Waals surface area contributed by atoms with E-state index in [0.717, 1.165) is 12.3 Å². The molecule has 100 valence electrons. The van der Waals surface area contributed by atoms with Gasteiger partial charge in [-0.1, -0.05) is 50.3 Å². The van der Waals surface area contributed by atoms with E-state index in [1.54, 1.807) is 0 Å². The summed E-state index contributed by atoms with van der Waals surface area (Å²) in [5, 5.41) is 0. The molecule has 0 bridgehead atoms. The molecule has 1 aromatic carbocycles. The Bertz CT molecular complexity index is 377. The minimum atomic E-state index is 0.343. The summed E-state index contributed by atoms with van der Waals surface area (Å²) in [5.74, 6) is 0.889. The lowest BCUT2D eigenvalue weighted by Gasteiger charge is -2.24. The normalized spacial score (nSPS) is 18.8. The van der Waals surface area contributed by atoms with Gasteiger partial charge in [0.2, 0.25) is 0 Å². The maximum atomic E-state index is 6.32. The Labute approximate surface area is 112 Å². The molecule has 0 aromatic heterocycles. The fraction of sp³-hybridized carbons (Fsp3) is 0.647. The minimum Gasteiger partial charge on any atom is -0.327 e. The Kier molecular flexibility index (Phi) is 4.82. The lowest BCUT2D eigenvalue weighted by molar-refractivity contribution is 0.317. The standard InChI is InChI=1S/C17H27N/c1-13-8-9-16(10-14(13)2)12-17(18)11-15-6-4-3-5-7-15/h8-10,15,17H,3-7,11-12,18H2,1-2H3. The lowest BCUT2D eigenvalue weighted by atomic mass is 9.84. The topological polar surface area (TPSA) is 26.0 Å². The van der Waals surface area contributed by atoms with E-state index in [-0.39, 0.29) is 0 Å². The summed E-state index contributed by atoms with van der Waals surface area (Å²) in [6.07, 6.45) is 9.33. The predicted molar refractivity (Wildman–Crippen MR) is 78.8 cm³/mol. The van der Waals surface area contributed by atoms with E-state index in [2.05, 4.69) is 32.0 Å². The van der Waals surface area contributed by atoms with Gasteiger partial charge in [0.15, 0.2) is 0 Å². The number of hydrogen-bond donors (Lipinski definition) is 1. The summed E-state index contributed by atoms with van der Waals surface area (Å²) < 4.78 is 0. The molecule has 1 fully saturated rings. The summed E-state index contributed by atoms with van der Waals surface area (Å²) in [4.78, 5) is 0. The van der Waals surface area contributed by atoms with E-state index in [4.69, 9.17) is 5.73 Å². The third kappa shape index (κ3) is 3.84. The Balaban J connectivity index is 1.85. The molecule has 0 saturated heterocycles. The Hall–Kier alpha value is -0.820. The van der Waals surface area contributed by atoms with Crippen LogP contribution in [0.5, 0.6) is 0 Å². The third-order valence-electron chi connectivity index (χ3n) is 4.43. The Morgan fingerprint density at radius 2 is 1.83 bits per heavy atom. The van der Waals surface area contributed by atoms with Crippen LogP contribution >= 0.6 is 0 Å². The highest BCUT2D eigenvalue weighted by Crippen LogP contribution is 2.27. The van der Waals surface area contributed by atoms with Crippen molar-refractivity contribution in [1.82, 2.24) is 0 Å². The zero-order chi connectivity index (χ0) is 13.0. The van der Waals surface area contributed by atoms with E-state index in [1.807, 2.05) is 0 Å². The molecule has 0 amide bonds. The molecule has 1 unspecified atom stereocenters. The van der Waals surface area contributed by atoms with Gasteiger partial charge in [-0.2, -0.15) is 0 Å². The quantitative estimate of drug-likeness (QED) is 0.847. The van der Waals surface area contributed by atoms with Crippen LogP contribution in [0.2, 0.25) is 0 Å². The van der Waals surface area contributed by atoms with Gasteiger partial charge in [-0.3, -0.25) is 0 Å². The second-order valence-electron chi connectivity index (χ2n) is 6.12. The number of aryl methyl sites for hydroxylation is 2. The fourth-order valence-corrected chi connectivity index (χ4v) is 3.17. The van der Waals surface area contributed by atoms with Gasteiger partial charge < -0.3 is 5.73 Å². The van der Waals surface area contributed by atoms with Crippen LogP contribution in [0, 0.1) is 19.8 Å². The van der Waals surface area contributed by atoms with Crippen molar-refractivity contribution in [3.63, 3.8) is 0 Å². The molecule has 2 rings (SSSR count). The zero-order valence-corrected chi connectivity index (χ0v) is 11.9. The summed E-state index contributed by atoms with van der Waals surface area (Å²) in [5.41, 5.74) is 10.5. The van der Waals surface area contributed by atoms with E-state index < -0.39 is 0 Å².